The lowest BCUT2D eigenvalue weighted by Crippen LogP contribution is -2.48. The zero-order valence-electron chi connectivity index (χ0n) is 20.8. The molecule has 3 aromatic rings. The van der Waals surface area contributed by atoms with Crippen molar-refractivity contribution in [3.05, 3.63) is 94.6 Å². The van der Waals surface area contributed by atoms with Crippen molar-refractivity contribution in [1.82, 2.24) is 20.2 Å². The lowest BCUT2D eigenvalue weighted by molar-refractivity contribution is -0.120. The molecule has 1 amide bonds. The summed E-state index contributed by atoms with van der Waals surface area (Å²) in [5, 5.41) is 3.05. The Morgan fingerprint density at radius 1 is 1.14 bits per heavy atom. The number of aromatic nitrogens is 2. The van der Waals surface area contributed by atoms with E-state index in [2.05, 4.69) is 15.2 Å². The second-order valence-electron chi connectivity index (χ2n) is 10.5. The minimum atomic E-state index is -0.988. The molecular weight excluding hydrogens is 474 g/mol. The van der Waals surface area contributed by atoms with Crippen LogP contribution in [0, 0.1) is 17.6 Å². The van der Waals surface area contributed by atoms with Crippen LogP contribution in [0.4, 0.5) is 8.78 Å². The topological polar surface area (TPSA) is 67.4 Å². The van der Waals surface area contributed by atoms with Gasteiger partial charge in [0.1, 0.15) is 5.54 Å². The summed E-state index contributed by atoms with van der Waals surface area (Å²) in [5.74, 6) is -2.01. The van der Waals surface area contributed by atoms with Gasteiger partial charge < -0.3 is 10.1 Å². The van der Waals surface area contributed by atoms with E-state index in [9.17, 15) is 13.6 Å². The Morgan fingerprint density at radius 3 is 2.62 bits per heavy atom. The highest BCUT2D eigenvalue weighted by Crippen LogP contribution is 2.49. The van der Waals surface area contributed by atoms with Gasteiger partial charge in [0, 0.05) is 50.7 Å². The maximum absolute atomic E-state index is 14.2. The van der Waals surface area contributed by atoms with Crippen molar-refractivity contribution in [2.75, 3.05) is 13.1 Å². The van der Waals surface area contributed by atoms with Crippen LogP contribution in [0.1, 0.15) is 60.6 Å². The SMILES string of the molecule is CC(=O)NC(c1ccc(F)c(F)c1)(c1ccc(CN2CCC3(CC2)OCc2ccncc23)cn1)C1CC1. The number of benzene rings is 1. The van der Waals surface area contributed by atoms with Gasteiger partial charge in [-0.1, -0.05) is 12.1 Å². The summed E-state index contributed by atoms with van der Waals surface area (Å²) < 4.78 is 34.2. The number of nitrogens with one attached hydrogen (secondary N) is 1. The highest BCUT2D eigenvalue weighted by Gasteiger charge is 2.50. The highest BCUT2D eigenvalue weighted by atomic mass is 19.2. The molecule has 0 radical (unpaired) electrons. The number of pyridine rings is 2. The number of nitrogens with zero attached hydrogens (tertiary/aromatic N) is 3. The molecule has 1 N–H and O–H groups in total. The minimum Gasteiger partial charge on any atom is -0.365 e. The van der Waals surface area contributed by atoms with E-state index < -0.39 is 17.2 Å². The van der Waals surface area contributed by atoms with Crippen LogP contribution >= 0.6 is 0 Å². The molecule has 2 aliphatic heterocycles. The number of carbonyl (C=O) groups is 1. The molecule has 1 atom stereocenters. The van der Waals surface area contributed by atoms with Gasteiger partial charge in [-0.05, 0) is 72.6 Å². The first-order valence-electron chi connectivity index (χ1n) is 12.9. The van der Waals surface area contributed by atoms with E-state index in [1.807, 2.05) is 36.8 Å². The van der Waals surface area contributed by atoms with E-state index in [0.29, 0.717) is 17.9 Å². The first kappa shape index (κ1) is 24.1. The molecule has 0 bridgehead atoms. The Balaban J connectivity index is 1.21. The summed E-state index contributed by atoms with van der Waals surface area (Å²) in [6, 6.07) is 9.83. The standard InChI is InChI=1S/C29H30F2N4O2/c1-19(36)34-29(22-3-4-22,23-5-6-25(30)26(31)14-23)27-7-2-20(15-33-27)17-35-12-9-28(10-13-35)24-16-32-11-8-21(24)18-37-28/h2,5-8,11,14-16,22H,3-4,9-10,12-13,17-18H2,1H3,(H,34,36). The van der Waals surface area contributed by atoms with Crippen molar-refractivity contribution in [1.29, 1.82) is 0 Å². The molecule has 1 unspecified atom stereocenters. The first-order chi connectivity index (χ1) is 17.9. The second-order valence-corrected chi connectivity index (χ2v) is 10.5. The molecule has 2 fully saturated rings. The predicted octanol–water partition coefficient (Wildman–Crippen LogP) is 4.57. The van der Waals surface area contributed by atoms with Crippen LogP contribution < -0.4 is 5.32 Å². The predicted molar refractivity (Wildman–Crippen MR) is 133 cm³/mol. The quantitative estimate of drug-likeness (QED) is 0.533. The number of likely N-dealkylation sites (tertiary alicyclic amines) is 1. The third kappa shape index (κ3) is 4.32. The molecule has 4 heterocycles. The third-order valence-corrected chi connectivity index (χ3v) is 8.14. The van der Waals surface area contributed by atoms with Crippen LogP contribution in [0.25, 0.3) is 0 Å². The van der Waals surface area contributed by atoms with Gasteiger partial charge >= 0.3 is 0 Å². The first-order valence-corrected chi connectivity index (χ1v) is 12.9. The Labute approximate surface area is 215 Å². The number of amides is 1. The van der Waals surface area contributed by atoms with Gasteiger partial charge in [0.15, 0.2) is 11.6 Å². The zero-order valence-corrected chi connectivity index (χ0v) is 20.8. The van der Waals surface area contributed by atoms with Gasteiger partial charge in [0.05, 0.1) is 17.9 Å². The molecular formula is C29H30F2N4O2. The smallest absolute Gasteiger partial charge is 0.217 e. The van der Waals surface area contributed by atoms with Crippen molar-refractivity contribution >= 4 is 5.91 Å². The van der Waals surface area contributed by atoms with E-state index in [4.69, 9.17) is 9.72 Å². The summed E-state index contributed by atoms with van der Waals surface area (Å²) in [5.41, 5.74) is 3.46. The number of ether oxygens (including phenoxy) is 1. The van der Waals surface area contributed by atoms with Crippen molar-refractivity contribution in [2.45, 2.75) is 56.9 Å². The molecule has 3 aliphatic rings. The fraction of sp³-hybridized carbons (Fsp3) is 0.414. The fourth-order valence-electron chi connectivity index (χ4n) is 6.11. The molecule has 1 aliphatic carbocycles. The summed E-state index contributed by atoms with van der Waals surface area (Å²) in [6.07, 6.45) is 9.20. The van der Waals surface area contributed by atoms with E-state index in [0.717, 1.165) is 56.9 Å². The number of rotatable bonds is 6. The van der Waals surface area contributed by atoms with E-state index >= 15 is 0 Å². The van der Waals surface area contributed by atoms with Gasteiger partial charge in [-0.3, -0.25) is 19.7 Å². The second kappa shape index (κ2) is 9.26. The number of hydrogen-bond donors (Lipinski definition) is 1. The average molecular weight is 505 g/mol. The molecule has 1 spiro atoms. The van der Waals surface area contributed by atoms with Gasteiger partial charge in [-0.15, -0.1) is 0 Å². The molecule has 6 rings (SSSR count). The maximum Gasteiger partial charge on any atom is 0.217 e. The van der Waals surface area contributed by atoms with Gasteiger partial charge in [0.2, 0.25) is 5.91 Å². The summed E-state index contributed by atoms with van der Waals surface area (Å²) in [4.78, 5) is 23.8. The van der Waals surface area contributed by atoms with Crippen molar-refractivity contribution in [2.24, 2.45) is 5.92 Å². The number of carbonyl (C=O) groups excluding carboxylic acids is 1. The van der Waals surface area contributed by atoms with Crippen LogP contribution in [0.3, 0.4) is 0 Å². The summed E-state index contributed by atoms with van der Waals surface area (Å²) in [7, 11) is 0. The van der Waals surface area contributed by atoms with E-state index in [1.54, 1.807) is 6.07 Å². The molecule has 6 nitrogen and oxygen atoms in total. The van der Waals surface area contributed by atoms with Crippen LogP contribution in [-0.4, -0.2) is 33.9 Å². The van der Waals surface area contributed by atoms with Gasteiger partial charge in [0.25, 0.3) is 0 Å². The minimum absolute atomic E-state index is 0.0710. The Hall–Kier alpha value is -3.23. The molecule has 37 heavy (non-hydrogen) atoms. The lowest BCUT2D eigenvalue weighted by atomic mass is 9.81. The van der Waals surface area contributed by atoms with Crippen LogP contribution in [-0.2, 0) is 33.8 Å². The molecule has 1 saturated carbocycles. The lowest BCUT2D eigenvalue weighted by Gasteiger charge is -2.39. The maximum atomic E-state index is 14.2. The van der Waals surface area contributed by atoms with Crippen LogP contribution in [0.5, 0.6) is 0 Å². The molecule has 1 aromatic carbocycles. The van der Waals surface area contributed by atoms with E-state index in [-0.39, 0.29) is 17.4 Å². The zero-order chi connectivity index (χ0) is 25.6. The van der Waals surface area contributed by atoms with Gasteiger partial charge in [-0.25, -0.2) is 8.78 Å². The summed E-state index contributed by atoms with van der Waals surface area (Å²) in [6.45, 7) is 4.66. The molecule has 1 saturated heterocycles. The molecule has 2 aromatic heterocycles. The monoisotopic (exact) mass is 504 g/mol. The normalized spacial score (nSPS) is 20.4. The fourth-order valence-corrected chi connectivity index (χ4v) is 6.11. The Morgan fingerprint density at radius 2 is 1.95 bits per heavy atom. The number of hydrogen-bond acceptors (Lipinski definition) is 5. The van der Waals surface area contributed by atoms with Crippen molar-refractivity contribution < 1.29 is 18.3 Å². The van der Waals surface area contributed by atoms with Crippen molar-refractivity contribution in [3.63, 3.8) is 0 Å². The van der Waals surface area contributed by atoms with Crippen molar-refractivity contribution in [3.8, 4) is 0 Å². The van der Waals surface area contributed by atoms with Crippen LogP contribution in [0.2, 0.25) is 0 Å². The number of fused-ring (bicyclic) bond motifs is 2. The van der Waals surface area contributed by atoms with Crippen LogP contribution in [0.15, 0.2) is 55.0 Å². The highest BCUT2D eigenvalue weighted by molar-refractivity contribution is 5.75. The molecule has 192 valence electrons. The Bertz CT molecular complexity index is 1320. The summed E-state index contributed by atoms with van der Waals surface area (Å²) >= 11 is 0. The largest absolute Gasteiger partial charge is 0.365 e. The third-order valence-electron chi connectivity index (χ3n) is 8.14. The average Bonchev–Trinajstić information content (AvgIpc) is 3.70. The Kier molecular flexibility index (Phi) is 6.04. The van der Waals surface area contributed by atoms with E-state index in [1.165, 1.54) is 24.1 Å². The van der Waals surface area contributed by atoms with Gasteiger partial charge in [-0.2, -0.15) is 0 Å². The number of piperidine rings is 1. The number of halogens is 2. The molecule has 8 heteroatoms.